The first kappa shape index (κ1) is 13.4. The quantitative estimate of drug-likeness (QED) is 0.380. The van der Waals surface area contributed by atoms with Gasteiger partial charge in [-0.05, 0) is 6.92 Å². The van der Waals surface area contributed by atoms with Crippen LogP contribution in [0.5, 0.6) is 0 Å². The van der Waals surface area contributed by atoms with Crippen molar-refractivity contribution in [3.05, 3.63) is 0 Å². The minimum Gasteiger partial charge on any atom is -1.00 e. The lowest BCUT2D eigenvalue weighted by Crippen LogP contribution is -3.00. The number of piperidine rings is 1. The van der Waals surface area contributed by atoms with Gasteiger partial charge in [-0.3, -0.25) is 4.79 Å². The molecule has 2 aliphatic rings. The molecule has 1 unspecified atom stereocenters. The number of halogens is 1. The van der Waals surface area contributed by atoms with E-state index in [4.69, 9.17) is 4.74 Å². The van der Waals surface area contributed by atoms with Crippen LogP contribution in [0.25, 0.3) is 0 Å². The fourth-order valence-corrected chi connectivity index (χ4v) is 2.49. The van der Waals surface area contributed by atoms with Gasteiger partial charge < -0.3 is 33.2 Å². The molecule has 0 radical (unpaired) electrons. The summed E-state index contributed by atoms with van der Waals surface area (Å²) in [5.41, 5.74) is -0.0930. The summed E-state index contributed by atoms with van der Waals surface area (Å²) >= 11 is 0. The third kappa shape index (κ3) is 2.71. The van der Waals surface area contributed by atoms with E-state index in [0.29, 0.717) is 6.42 Å². The second kappa shape index (κ2) is 4.30. The van der Waals surface area contributed by atoms with E-state index in [-0.39, 0.29) is 41.5 Å². The number of likely N-dealkylation sites (tertiary alicyclic amines) is 1. The molecule has 0 aromatic heterocycles. The largest absolute Gasteiger partial charge is 1.00 e. The Balaban J connectivity index is 0.00000112. The van der Waals surface area contributed by atoms with E-state index in [1.54, 1.807) is 0 Å². The maximum atomic E-state index is 11.5. The monoisotopic (exact) mass is 325 g/mol. The van der Waals surface area contributed by atoms with E-state index in [0.717, 1.165) is 30.4 Å². The third-order valence-corrected chi connectivity index (χ3v) is 3.72. The predicted octanol–water partition coefficient (Wildman–Crippen LogP) is -2.02. The molecule has 88 valence electrons. The minimum atomic E-state index is -0.163. The number of carbonyl (C=O) groups is 1. The van der Waals surface area contributed by atoms with Crippen LogP contribution < -0.4 is 24.0 Å². The summed E-state index contributed by atoms with van der Waals surface area (Å²) in [6.07, 6.45) is 2.56. The van der Waals surface area contributed by atoms with E-state index < -0.39 is 0 Å². The fraction of sp³-hybridized carbons (Fsp3) is 0.909. The van der Waals surface area contributed by atoms with E-state index >= 15 is 0 Å². The van der Waals surface area contributed by atoms with Crippen LogP contribution in [0, 0.1) is 0 Å². The molecule has 2 heterocycles. The smallest absolute Gasteiger partial charge is 0.164 e. The first-order valence-corrected chi connectivity index (χ1v) is 5.45. The number of quaternary nitrogens is 1. The van der Waals surface area contributed by atoms with Gasteiger partial charge in [-0.1, -0.05) is 0 Å². The standard InChI is InChI=1S/C11H20NO2.HI/c1-9-10(13)8-11(14-9)4-6-12(2,3)7-5-11;/h9H,4-8H2,1-3H3;1H/q+1;/p-1. The van der Waals surface area contributed by atoms with Gasteiger partial charge in [0.25, 0.3) is 0 Å². The molecule has 2 aliphatic heterocycles. The summed E-state index contributed by atoms with van der Waals surface area (Å²) < 4.78 is 6.90. The van der Waals surface area contributed by atoms with Crippen molar-refractivity contribution in [3.63, 3.8) is 0 Å². The third-order valence-electron chi connectivity index (χ3n) is 3.72. The molecule has 0 aromatic rings. The van der Waals surface area contributed by atoms with Crippen molar-refractivity contribution in [1.29, 1.82) is 0 Å². The molecular weight excluding hydrogens is 305 g/mol. The van der Waals surface area contributed by atoms with Crippen LogP contribution in [0.3, 0.4) is 0 Å². The first-order valence-electron chi connectivity index (χ1n) is 5.45. The summed E-state index contributed by atoms with van der Waals surface area (Å²) in [4.78, 5) is 11.5. The molecule has 0 saturated carbocycles. The van der Waals surface area contributed by atoms with E-state index in [1.807, 2.05) is 6.92 Å². The van der Waals surface area contributed by atoms with Crippen molar-refractivity contribution in [2.24, 2.45) is 0 Å². The van der Waals surface area contributed by atoms with Crippen molar-refractivity contribution in [1.82, 2.24) is 0 Å². The number of Topliss-reactive ketones (excluding diaryl/α,β-unsaturated/α-hetero) is 1. The Morgan fingerprint density at radius 1 is 1.33 bits per heavy atom. The molecule has 2 fully saturated rings. The zero-order valence-corrected chi connectivity index (χ0v) is 11.9. The van der Waals surface area contributed by atoms with Gasteiger partial charge in [-0.15, -0.1) is 0 Å². The zero-order valence-electron chi connectivity index (χ0n) is 9.75. The lowest BCUT2D eigenvalue weighted by molar-refractivity contribution is -0.897. The van der Waals surface area contributed by atoms with Crippen LogP contribution in [0.15, 0.2) is 0 Å². The molecular formula is C11H20INO2. The molecule has 0 bridgehead atoms. The number of nitrogens with zero attached hydrogens (tertiary/aromatic N) is 1. The Labute approximate surface area is 109 Å². The summed E-state index contributed by atoms with van der Waals surface area (Å²) in [6.45, 7) is 4.13. The highest BCUT2D eigenvalue weighted by molar-refractivity contribution is 5.85. The zero-order chi connectivity index (χ0) is 10.4. The highest BCUT2D eigenvalue weighted by Crippen LogP contribution is 2.37. The summed E-state index contributed by atoms with van der Waals surface area (Å²) in [6, 6.07) is 0. The van der Waals surface area contributed by atoms with E-state index in [9.17, 15) is 4.79 Å². The maximum Gasteiger partial charge on any atom is 0.164 e. The van der Waals surface area contributed by atoms with E-state index in [2.05, 4.69) is 14.1 Å². The summed E-state index contributed by atoms with van der Waals surface area (Å²) in [5, 5.41) is 0. The number of hydrogen-bond donors (Lipinski definition) is 0. The molecule has 15 heavy (non-hydrogen) atoms. The predicted molar refractivity (Wildman–Crippen MR) is 54.0 cm³/mol. The van der Waals surface area contributed by atoms with Crippen molar-refractivity contribution < 1.29 is 38.0 Å². The van der Waals surface area contributed by atoms with Crippen LogP contribution in [-0.4, -0.2) is 49.2 Å². The second-order valence-electron chi connectivity index (χ2n) is 5.47. The number of carbonyl (C=O) groups excluding carboxylic acids is 1. The average molecular weight is 325 g/mol. The van der Waals surface area contributed by atoms with Gasteiger partial charge in [0, 0.05) is 19.3 Å². The number of ketones is 1. The Morgan fingerprint density at radius 3 is 2.27 bits per heavy atom. The van der Waals surface area contributed by atoms with Crippen molar-refractivity contribution >= 4 is 5.78 Å². The molecule has 4 heteroatoms. The highest BCUT2D eigenvalue weighted by atomic mass is 127. The first-order chi connectivity index (χ1) is 6.43. The Hall–Kier alpha value is 0.320. The SMILES string of the molecule is CC1OC2(CC[N+](C)(C)CC2)CC1=O.[I-]. The van der Waals surface area contributed by atoms with Gasteiger partial charge in [0.15, 0.2) is 5.78 Å². The summed E-state index contributed by atoms with van der Waals surface area (Å²) in [5.74, 6) is 0.289. The summed E-state index contributed by atoms with van der Waals surface area (Å²) in [7, 11) is 4.49. The number of ether oxygens (including phenoxy) is 1. The molecule has 3 nitrogen and oxygen atoms in total. The molecule has 1 spiro atoms. The maximum absolute atomic E-state index is 11.5. The van der Waals surface area contributed by atoms with Gasteiger partial charge in [-0.2, -0.15) is 0 Å². The van der Waals surface area contributed by atoms with Crippen LogP contribution in [-0.2, 0) is 9.53 Å². The van der Waals surface area contributed by atoms with Gasteiger partial charge in [0.05, 0.1) is 32.8 Å². The van der Waals surface area contributed by atoms with E-state index in [1.165, 1.54) is 0 Å². The topological polar surface area (TPSA) is 26.3 Å². The molecule has 0 amide bonds. The second-order valence-corrected chi connectivity index (χ2v) is 5.47. The molecule has 0 aliphatic carbocycles. The Morgan fingerprint density at radius 2 is 1.87 bits per heavy atom. The van der Waals surface area contributed by atoms with Crippen molar-refractivity contribution in [3.8, 4) is 0 Å². The van der Waals surface area contributed by atoms with Crippen LogP contribution in [0.2, 0.25) is 0 Å². The van der Waals surface area contributed by atoms with Gasteiger partial charge in [0.1, 0.15) is 6.10 Å². The Kier molecular flexibility index (Phi) is 3.83. The van der Waals surface area contributed by atoms with Gasteiger partial charge >= 0.3 is 0 Å². The molecule has 2 saturated heterocycles. The van der Waals surface area contributed by atoms with Crippen molar-refractivity contribution in [2.45, 2.75) is 37.9 Å². The number of hydrogen-bond acceptors (Lipinski definition) is 2. The molecule has 1 atom stereocenters. The average Bonchev–Trinajstić information content (AvgIpc) is 2.36. The lowest BCUT2D eigenvalue weighted by Gasteiger charge is -2.41. The van der Waals surface area contributed by atoms with Gasteiger partial charge in [-0.25, -0.2) is 0 Å². The fourth-order valence-electron chi connectivity index (χ4n) is 2.49. The minimum absolute atomic E-state index is 0. The molecule has 2 rings (SSSR count). The normalized spacial score (nSPS) is 32.7. The lowest BCUT2D eigenvalue weighted by atomic mass is 9.87. The van der Waals surface area contributed by atoms with Crippen molar-refractivity contribution in [2.75, 3.05) is 27.2 Å². The van der Waals surface area contributed by atoms with Gasteiger partial charge in [0.2, 0.25) is 0 Å². The van der Waals surface area contributed by atoms with Crippen LogP contribution >= 0.6 is 0 Å². The van der Waals surface area contributed by atoms with Crippen LogP contribution in [0.1, 0.15) is 26.2 Å². The Bertz CT molecular complexity index is 255. The highest BCUT2D eigenvalue weighted by Gasteiger charge is 2.48. The number of rotatable bonds is 0. The van der Waals surface area contributed by atoms with Crippen LogP contribution in [0.4, 0.5) is 0 Å². The molecule has 0 aromatic carbocycles. The molecule has 0 N–H and O–H groups in total.